The predicted molar refractivity (Wildman–Crippen MR) is 113 cm³/mol. The summed E-state index contributed by atoms with van der Waals surface area (Å²) in [5.41, 5.74) is -0.185. The molecule has 7 nitrogen and oxygen atoms in total. The van der Waals surface area contributed by atoms with E-state index in [1.807, 2.05) is 27.7 Å². The van der Waals surface area contributed by atoms with Crippen LogP contribution in [0.4, 0.5) is 0 Å². The third-order valence-electron chi connectivity index (χ3n) is 5.36. The van der Waals surface area contributed by atoms with Crippen molar-refractivity contribution in [3.8, 4) is 11.5 Å². The normalized spacial score (nSPS) is 17.6. The van der Waals surface area contributed by atoms with Crippen molar-refractivity contribution in [1.29, 1.82) is 0 Å². The van der Waals surface area contributed by atoms with Gasteiger partial charge in [-0.25, -0.2) is 13.2 Å². The van der Waals surface area contributed by atoms with Crippen LogP contribution in [0, 0.1) is 0 Å². The SMILES string of the molecule is COC(=O)c1cc(Oc2ccc(S(C)(=O)=O)cc2)cc(B2OC(C)(C)C(C)(C)O2)c1. The van der Waals surface area contributed by atoms with Crippen molar-refractivity contribution in [3.63, 3.8) is 0 Å². The lowest BCUT2D eigenvalue weighted by Crippen LogP contribution is -2.41. The molecule has 0 unspecified atom stereocenters. The van der Waals surface area contributed by atoms with Gasteiger partial charge in [-0.15, -0.1) is 0 Å². The maximum Gasteiger partial charge on any atom is 0.494 e. The van der Waals surface area contributed by atoms with Crippen LogP contribution in [-0.2, 0) is 23.9 Å². The monoisotopic (exact) mass is 432 g/mol. The van der Waals surface area contributed by atoms with Crippen molar-refractivity contribution in [3.05, 3.63) is 48.0 Å². The fourth-order valence-electron chi connectivity index (χ4n) is 2.92. The van der Waals surface area contributed by atoms with Crippen LogP contribution in [0.2, 0.25) is 0 Å². The quantitative estimate of drug-likeness (QED) is 0.530. The van der Waals surface area contributed by atoms with Gasteiger partial charge in [0.1, 0.15) is 11.5 Å². The van der Waals surface area contributed by atoms with Gasteiger partial charge in [0, 0.05) is 6.26 Å². The summed E-state index contributed by atoms with van der Waals surface area (Å²) in [5, 5.41) is 0. The zero-order valence-electron chi connectivity index (χ0n) is 17.9. The molecule has 0 atom stereocenters. The van der Waals surface area contributed by atoms with E-state index < -0.39 is 34.1 Å². The van der Waals surface area contributed by atoms with Gasteiger partial charge in [-0.2, -0.15) is 0 Å². The number of rotatable bonds is 5. The van der Waals surface area contributed by atoms with Gasteiger partial charge < -0.3 is 18.8 Å². The lowest BCUT2D eigenvalue weighted by Gasteiger charge is -2.32. The predicted octanol–water partition coefficient (Wildman–Crippen LogP) is 2.97. The maximum atomic E-state index is 12.2. The molecule has 0 bridgehead atoms. The summed E-state index contributed by atoms with van der Waals surface area (Å²) in [5.74, 6) is 0.268. The highest BCUT2D eigenvalue weighted by molar-refractivity contribution is 7.90. The average molecular weight is 432 g/mol. The molecule has 160 valence electrons. The minimum atomic E-state index is -3.30. The second-order valence-corrected chi connectivity index (χ2v) is 10.2. The molecule has 1 aliphatic heterocycles. The fourth-order valence-corrected chi connectivity index (χ4v) is 3.55. The minimum Gasteiger partial charge on any atom is -0.465 e. The highest BCUT2D eigenvalue weighted by Crippen LogP contribution is 2.37. The number of hydrogen-bond donors (Lipinski definition) is 0. The summed E-state index contributed by atoms with van der Waals surface area (Å²) in [6.07, 6.45) is 1.14. The largest absolute Gasteiger partial charge is 0.494 e. The Bertz CT molecular complexity index is 1040. The summed E-state index contributed by atoms with van der Waals surface area (Å²) in [6, 6.07) is 10.9. The van der Waals surface area contributed by atoms with Crippen LogP contribution in [-0.4, -0.2) is 46.1 Å². The third kappa shape index (κ3) is 4.53. The van der Waals surface area contributed by atoms with E-state index in [0.717, 1.165) is 6.26 Å². The molecular formula is C21H25BO7S. The van der Waals surface area contributed by atoms with Crippen molar-refractivity contribution >= 4 is 28.4 Å². The number of methoxy groups -OCH3 is 1. The van der Waals surface area contributed by atoms with Crippen molar-refractivity contribution < 1.29 is 32.0 Å². The second kappa shape index (κ2) is 7.72. The van der Waals surface area contributed by atoms with Crippen LogP contribution in [0.25, 0.3) is 0 Å². The molecule has 0 aromatic heterocycles. The summed E-state index contributed by atoms with van der Waals surface area (Å²) < 4.78 is 46.1. The third-order valence-corrected chi connectivity index (χ3v) is 6.49. The van der Waals surface area contributed by atoms with Crippen LogP contribution in [0.15, 0.2) is 47.4 Å². The van der Waals surface area contributed by atoms with Gasteiger partial charge in [-0.3, -0.25) is 0 Å². The van der Waals surface area contributed by atoms with Crippen LogP contribution in [0.1, 0.15) is 38.1 Å². The molecule has 1 heterocycles. The minimum absolute atomic E-state index is 0.191. The Balaban J connectivity index is 1.95. The topological polar surface area (TPSA) is 88.1 Å². The number of hydrogen-bond acceptors (Lipinski definition) is 7. The molecule has 30 heavy (non-hydrogen) atoms. The zero-order valence-corrected chi connectivity index (χ0v) is 18.7. The molecule has 2 aromatic carbocycles. The van der Waals surface area contributed by atoms with Gasteiger partial charge in [0.05, 0.1) is 28.8 Å². The Hall–Kier alpha value is -2.36. The highest BCUT2D eigenvalue weighted by Gasteiger charge is 2.51. The fraction of sp³-hybridized carbons (Fsp3) is 0.381. The molecule has 9 heteroatoms. The van der Waals surface area contributed by atoms with Crippen LogP contribution in [0.3, 0.4) is 0 Å². The van der Waals surface area contributed by atoms with Gasteiger partial charge in [-0.05, 0) is 75.6 Å². The Morgan fingerprint density at radius 2 is 1.50 bits per heavy atom. The van der Waals surface area contributed by atoms with E-state index in [2.05, 4.69) is 0 Å². The molecule has 1 fully saturated rings. The number of benzene rings is 2. The lowest BCUT2D eigenvalue weighted by molar-refractivity contribution is 0.00578. The van der Waals surface area contributed by atoms with Crippen LogP contribution >= 0.6 is 0 Å². The first kappa shape index (κ1) is 22.3. The van der Waals surface area contributed by atoms with E-state index in [1.54, 1.807) is 30.3 Å². The van der Waals surface area contributed by atoms with Crippen molar-refractivity contribution in [1.82, 2.24) is 0 Å². The van der Waals surface area contributed by atoms with Gasteiger partial charge in [0.15, 0.2) is 9.84 Å². The highest BCUT2D eigenvalue weighted by atomic mass is 32.2. The number of carbonyl (C=O) groups is 1. The van der Waals surface area contributed by atoms with E-state index in [9.17, 15) is 13.2 Å². The molecular weight excluding hydrogens is 407 g/mol. The summed E-state index contributed by atoms with van der Waals surface area (Å²) in [4.78, 5) is 12.4. The summed E-state index contributed by atoms with van der Waals surface area (Å²) in [7, 11) is -2.69. The standard InChI is InChI=1S/C21H25BO7S/c1-20(2)21(3,4)29-22(28-20)15-11-14(19(23)26-5)12-17(13-15)27-16-7-9-18(10-8-16)30(6,24)25/h7-13H,1-6H3. The van der Waals surface area contributed by atoms with Gasteiger partial charge >= 0.3 is 13.1 Å². The van der Waals surface area contributed by atoms with E-state index in [1.165, 1.54) is 19.2 Å². The Morgan fingerprint density at radius 1 is 0.933 bits per heavy atom. The molecule has 0 saturated carbocycles. The first-order valence-electron chi connectivity index (χ1n) is 9.39. The van der Waals surface area contributed by atoms with Crippen molar-refractivity contribution in [2.24, 2.45) is 0 Å². The molecule has 3 rings (SSSR count). The zero-order chi connectivity index (χ0) is 22.3. The van der Waals surface area contributed by atoms with Gasteiger partial charge in [0.25, 0.3) is 0 Å². The molecule has 0 amide bonds. The summed E-state index contributed by atoms with van der Waals surface area (Å²) >= 11 is 0. The van der Waals surface area contributed by atoms with E-state index >= 15 is 0 Å². The summed E-state index contributed by atoms with van der Waals surface area (Å²) in [6.45, 7) is 7.77. The number of carbonyl (C=O) groups excluding carboxylic acids is 1. The van der Waals surface area contributed by atoms with E-state index in [-0.39, 0.29) is 10.5 Å². The molecule has 0 radical (unpaired) electrons. The number of ether oxygens (including phenoxy) is 2. The lowest BCUT2D eigenvalue weighted by atomic mass is 9.78. The number of esters is 1. The molecule has 1 aliphatic rings. The number of sulfone groups is 1. The molecule has 0 aliphatic carbocycles. The average Bonchev–Trinajstić information content (AvgIpc) is 2.88. The second-order valence-electron chi connectivity index (χ2n) is 8.22. The Kier molecular flexibility index (Phi) is 5.75. The van der Waals surface area contributed by atoms with Crippen molar-refractivity contribution in [2.45, 2.75) is 43.8 Å². The molecule has 2 aromatic rings. The Labute approximate surface area is 177 Å². The smallest absolute Gasteiger partial charge is 0.465 e. The maximum absolute atomic E-state index is 12.2. The first-order chi connectivity index (χ1) is 13.8. The van der Waals surface area contributed by atoms with Crippen LogP contribution < -0.4 is 10.2 Å². The van der Waals surface area contributed by atoms with E-state index in [0.29, 0.717) is 17.0 Å². The van der Waals surface area contributed by atoms with E-state index in [4.69, 9.17) is 18.8 Å². The molecule has 0 N–H and O–H groups in total. The van der Waals surface area contributed by atoms with Gasteiger partial charge in [0.2, 0.25) is 0 Å². The molecule has 1 saturated heterocycles. The first-order valence-corrected chi connectivity index (χ1v) is 11.3. The molecule has 0 spiro atoms. The van der Waals surface area contributed by atoms with Gasteiger partial charge in [-0.1, -0.05) is 0 Å². The van der Waals surface area contributed by atoms with Crippen LogP contribution in [0.5, 0.6) is 11.5 Å². The van der Waals surface area contributed by atoms with Crippen molar-refractivity contribution in [2.75, 3.05) is 13.4 Å². The Morgan fingerprint density at radius 3 is 2.00 bits per heavy atom.